The maximum Gasteiger partial charge on any atom is 0.119 e. The molecule has 146 valence electrons. The third-order valence-electron chi connectivity index (χ3n) is 5.27. The first-order valence-electron chi connectivity index (χ1n) is 10.5. The molecule has 0 spiro atoms. The molecule has 27 heavy (non-hydrogen) atoms. The summed E-state index contributed by atoms with van der Waals surface area (Å²) in [7, 11) is 0. The van der Waals surface area contributed by atoms with Gasteiger partial charge in [0.15, 0.2) is 0 Å². The van der Waals surface area contributed by atoms with Gasteiger partial charge in [-0.2, -0.15) is 0 Å². The zero-order valence-electron chi connectivity index (χ0n) is 16.6. The highest BCUT2D eigenvalue weighted by Gasteiger charge is 2.13. The molecule has 1 aliphatic rings. The molecule has 2 aromatic rings. The molecular weight excluding hydrogens is 334 g/mol. The van der Waals surface area contributed by atoms with Gasteiger partial charge in [0, 0.05) is 12.2 Å². The molecule has 0 heterocycles. The van der Waals surface area contributed by atoms with Crippen molar-refractivity contribution < 1.29 is 9.47 Å². The molecule has 1 N–H and O–H groups in total. The lowest BCUT2D eigenvalue weighted by molar-refractivity contribution is 0.246. The Kier molecular flexibility index (Phi) is 7.88. The van der Waals surface area contributed by atoms with Crippen LogP contribution in [0.5, 0.6) is 11.5 Å². The molecule has 0 atom stereocenters. The van der Waals surface area contributed by atoms with Crippen molar-refractivity contribution in [2.24, 2.45) is 5.92 Å². The maximum absolute atomic E-state index is 5.93. The first-order valence-corrected chi connectivity index (χ1v) is 10.5. The fraction of sp³-hybridized carbons (Fsp3) is 0.500. The maximum atomic E-state index is 5.93. The summed E-state index contributed by atoms with van der Waals surface area (Å²) in [5.41, 5.74) is 2.35. The highest BCUT2D eigenvalue weighted by Crippen LogP contribution is 2.26. The van der Waals surface area contributed by atoms with Gasteiger partial charge in [-0.3, -0.25) is 0 Å². The third-order valence-corrected chi connectivity index (χ3v) is 5.27. The Morgan fingerprint density at radius 2 is 1.44 bits per heavy atom. The van der Waals surface area contributed by atoms with Crippen molar-refractivity contribution in [2.45, 2.75) is 58.4 Å². The lowest BCUT2D eigenvalue weighted by Gasteiger charge is -2.21. The van der Waals surface area contributed by atoms with E-state index in [1.165, 1.54) is 44.1 Å². The summed E-state index contributed by atoms with van der Waals surface area (Å²) >= 11 is 0. The highest BCUT2D eigenvalue weighted by molar-refractivity contribution is 5.47. The van der Waals surface area contributed by atoms with Crippen molar-refractivity contribution in [2.75, 3.05) is 18.5 Å². The van der Waals surface area contributed by atoms with E-state index in [0.717, 1.165) is 49.3 Å². The molecule has 1 fully saturated rings. The van der Waals surface area contributed by atoms with Crippen molar-refractivity contribution in [3.8, 4) is 11.5 Å². The largest absolute Gasteiger partial charge is 0.494 e. The summed E-state index contributed by atoms with van der Waals surface area (Å²) in [4.78, 5) is 0. The van der Waals surface area contributed by atoms with E-state index in [4.69, 9.17) is 9.47 Å². The second-order valence-corrected chi connectivity index (χ2v) is 7.51. The molecular formula is C24H33NO2. The van der Waals surface area contributed by atoms with E-state index in [2.05, 4.69) is 48.6 Å². The van der Waals surface area contributed by atoms with Crippen LogP contribution in [0.15, 0.2) is 48.5 Å². The van der Waals surface area contributed by atoms with E-state index in [-0.39, 0.29) is 0 Å². The minimum Gasteiger partial charge on any atom is -0.494 e. The average molecular weight is 368 g/mol. The Labute approximate surface area is 164 Å². The number of nitrogens with one attached hydrogen (secondary N) is 1. The predicted molar refractivity (Wildman–Crippen MR) is 113 cm³/mol. The summed E-state index contributed by atoms with van der Waals surface area (Å²) in [5.74, 6) is 2.78. The van der Waals surface area contributed by atoms with E-state index in [9.17, 15) is 0 Å². The Morgan fingerprint density at radius 1 is 0.815 bits per heavy atom. The van der Waals surface area contributed by atoms with E-state index in [1.54, 1.807) is 0 Å². The van der Waals surface area contributed by atoms with Crippen molar-refractivity contribution in [1.82, 2.24) is 0 Å². The van der Waals surface area contributed by atoms with E-state index in [0.29, 0.717) is 0 Å². The van der Waals surface area contributed by atoms with E-state index < -0.39 is 0 Å². The molecule has 0 radical (unpaired) electrons. The van der Waals surface area contributed by atoms with Gasteiger partial charge in [-0.05, 0) is 60.7 Å². The zero-order chi connectivity index (χ0) is 18.7. The summed E-state index contributed by atoms with van der Waals surface area (Å²) in [6.07, 6.45) is 9.22. The monoisotopic (exact) mass is 367 g/mol. The minimum absolute atomic E-state index is 0.771. The SMILES string of the molecule is CCCOc1ccc(CNc2ccc(OCCC3CCCCC3)cc2)cc1. The summed E-state index contributed by atoms with van der Waals surface area (Å²) < 4.78 is 11.6. The number of hydrogen-bond donors (Lipinski definition) is 1. The average Bonchev–Trinajstić information content (AvgIpc) is 2.73. The topological polar surface area (TPSA) is 30.5 Å². The van der Waals surface area contributed by atoms with Crippen LogP contribution in [-0.4, -0.2) is 13.2 Å². The van der Waals surface area contributed by atoms with Crippen LogP contribution >= 0.6 is 0 Å². The Morgan fingerprint density at radius 3 is 2.11 bits per heavy atom. The highest BCUT2D eigenvalue weighted by atomic mass is 16.5. The molecule has 3 nitrogen and oxygen atoms in total. The Hall–Kier alpha value is -2.16. The molecule has 0 aromatic heterocycles. The number of benzene rings is 2. The second kappa shape index (κ2) is 10.9. The van der Waals surface area contributed by atoms with Crippen LogP contribution in [0.1, 0.15) is 57.4 Å². The predicted octanol–water partition coefficient (Wildman–Crippen LogP) is 6.44. The van der Waals surface area contributed by atoms with Crippen LogP contribution in [0.3, 0.4) is 0 Å². The van der Waals surface area contributed by atoms with Gasteiger partial charge in [-0.25, -0.2) is 0 Å². The Balaban J connectivity index is 1.38. The Bertz CT molecular complexity index is 645. The van der Waals surface area contributed by atoms with Crippen LogP contribution in [-0.2, 0) is 6.54 Å². The third kappa shape index (κ3) is 6.82. The van der Waals surface area contributed by atoms with Crippen molar-refractivity contribution in [3.05, 3.63) is 54.1 Å². The van der Waals surface area contributed by atoms with Gasteiger partial charge < -0.3 is 14.8 Å². The molecule has 0 saturated heterocycles. The van der Waals surface area contributed by atoms with Crippen molar-refractivity contribution in [3.63, 3.8) is 0 Å². The van der Waals surface area contributed by atoms with Gasteiger partial charge in [-0.15, -0.1) is 0 Å². The lowest BCUT2D eigenvalue weighted by Crippen LogP contribution is -2.10. The van der Waals surface area contributed by atoms with Crippen molar-refractivity contribution >= 4 is 5.69 Å². The van der Waals surface area contributed by atoms with Crippen molar-refractivity contribution in [1.29, 1.82) is 0 Å². The van der Waals surface area contributed by atoms with Gasteiger partial charge in [0.25, 0.3) is 0 Å². The van der Waals surface area contributed by atoms with Crippen LogP contribution < -0.4 is 14.8 Å². The fourth-order valence-corrected chi connectivity index (χ4v) is 3.62. The normalized spacial score (nSPS) is 14.7. The number of anilines is 1. The van der Waals surface area contributed by atoms with Crippen LogP contribution in [0.25, 0.3) is 0 Å². The van der Waals surface area contributed by atoms with Gasteiger partial charge in [0.2, 0.25) is 0 Å². The van der Waals surface area contributed by atoms with E-state index in [1.807, 2.05) is 12.1 Å². The summed E-state index contributed by atoms with van der Waals surface area (Å²) in [6.45, 7) is 4.53. The summed E-state index contributed by atoms with van der Waals surface area (Å²) in [5, 5.41) is 3.46. The lowest BCUT2D eigenvalue weighted by atomic mass is 9.87. The molecule has 1 saturated carbocycles. The summed E-state index contributed by atoms with van der Waals surface area (Å²) in [6, 6.07) is 16.6. The molecule has 0 aliphatic heterocycles. The standard InChI is InChI=1S/C24H33NO2/c1-2-17-26-23-12-8-21(9-13-23)19-25-22-10-14-24(15-11-22)27-18-16-20-6-4-3-5-7-20/h8-15,20,25H,2-7,16-19H2,1H3. The van der Waals surface area contributed by atoms with Gasteiger partial charge >= 0.3 is 0 Å². The first-order chi connectivity index (χ1) is 13.3. The molecule has 2 aromatic carbocycles. The molecule has 0 bridgehead atoms. The molecule has 0 amide bonds. The van der Waals surface area contributed by atoms with Gasteiger partial charge in [-0.1, -0.05) is 51.2 Å². The fourth-order valence-electron chi connectivity index (χ4n) is 3.62. The van der Waals surface area contributed by atoms with Gasteiger partial charge in [0.05, 0.1) is 13.2 Å². The zero-order valence-corrected chi connectivity index (χ0v) is 16.6. The van der Waals surface area contributed by atoms with Gasteiger partial charge in [0.1, 0.15) is 11.5 Å². The van der Waals surface area contributed by atoms with Crippen LogP contribution in [0, 0.1) is 5.92 Å². The first kappa shape index (κ1) is 19.6. The quantitative estimate of drug-likeness (QED) is 0.524. The molecule has 3 heteroatoms. The molecule has 1 aliphatic carbocycles. The smallest absolute Gasteiger partial charge is 0.119 e. The minimum atomic E-state index is 0.771. The number of ether oxygens (including phenoxy) is 2. The van der Waals surface area contributed by atoms with Crippen LogP contribution in [0.2, 0.25) is 0 Å². The van der Waals surface area contributed by atoms with Crippen LogP contribution in [0.4, 0.5) is 5.69 Å². The molecule has 3 rings (SSSR count). The number of hydrogen-bond acceptors (Lipinski definition) is 3. The second-order valence-electron chi connectivity index (χ2n) is 7.51. The van der Waals surface area contributed by atoms with E-state index >= 15 is 0 Å². The molecule has 0 unspecified atom stereocenters. The number of rotatable bonds is 10.